The molecule has 0 unspecified atom stereocenters. The van der Waals surface area contributed by atoms with Crippen LogP contribution in [0.2, 0.25) is 0 Å². The third-order valence-electron chi connectivity index (χ3n) is 6.89. The molecule has 8 nitrogen and oxygen atoms in total. The van der Waals surface area contributed by atoms with Crippen molar-refractivity contribution in [1.82, 2.24) is 30.0 Å². The highest BCUT2D eigenvalue weighted by Crippen LogP contribution is 2.44. The van der Waals surface area contributed by atoms with Gasteiger partial charge in [-0.3, -0.25) is 4.79 Å². The molecule has 3 aromatic heterocycles. The molecule has 0 atom stereocenters. The Hall–Kier alpha value is -3.55. The van der Waals surface area contributed by atoms with Gasteiger partial charge in [0.05, 0.1) is 17.1 Å². The molecule has 1 saturated carbocycles. The molecule has 8 heteroatoms. The lowest BCUT2D eigenvalue weighted by molar-refractivity contribution is -0.145. The molecule has 2 fully saturated rings. The number of hydrogen-bond donors (Lipinski definition) is 2. The first kappa shape index (κ1) is 19.2. The number of carbonyl (C=O) groups is 1. The first-order valence-electron chi connectivity index (χ1n) is 11.2. The number of H-pyrrole nitrogens is 1. The van der Waals surface area contributed by atoms with Crippen LogP contribution in [0.3, 0.4) is 0 Å². The van der Waals surface area contributed by atoms with Crippen molar-refractivity contribution in [2.45, 2.75) is 38.6 Å². The summed E-state index contributed by atoms with van der Waals surface area (Å²) in [5.74, 6) is 0.903. The molecule has 0 spiro atoms. The molecule has 1 aliphatic heterocycles. The monoisotopic (exact) mass is 427 g/mol. The average molecular weight is 428 g/mol. The Morgan fingerprint density at radius 1 is 1.22 bits per heavy atom. The van der Waals surface area contributed by atoms with Crippen LogP contribution in [0.4, 0.5) is 5.95 Å². The van der Waals surface area contributed by atoms with Gasteiger partial charge in [-0.25, -0.2) is 4.98 Å². The van der Waals surface area contributed by atoms with Gasteiger partial charge in [0.15, 0.2) is 0 Å². The smallest absolute Gasteiger partial charge is 0.228 e. The summed E-state index contributed by atoms with van der Waals surface area (Å²) in [5, 5.41) is 13.5. The molecule has 2 N–H and O–H groups in total. The minimum absolute atomic E-state index is 0.222. The van der Waals surface area contributed by atoms with E-state index in [-0.39, 0.29) is 11.5 Å². The minimum Gasteiger partial charge on any atom is -0.351 e. The van der Waals surface area contributed by atoms with E-state index in [1.807, 2.05) is 35.5 Å². The summed E-state index contributed by atoms with van der Waals surface area (Å²) in [7, 11) is 0. The van der Waals surface area contributed by atoms with Gasteiger partial charge >= 0.3 is 0 Å². The summed E-state index contributed by atoms with van der Waals surface area (Å²) in [6.07, 6.45) is 9.42. The normalized spacial score (nSPS) is 22.9. The molecule has 4 heterocycles. The Balaban J connectivity index is 1.18. The summed E-state index contributed by atoms with van der Waals surface area (Å²) in [6, 6.07) is 8.30. The highest BCUT2D eigenvalue weighted by atomic mass is 16.2. The fourth-order valence-corrected chi connectivity index (χ4v) is 5.16. The van der Waals surface area contributed by atoms with E-state index in [1.165, 1.54) is 0 Å². The number of nitrogens with zero attached hydrogens (tertiary/aromatic N) is 5. The lowest BCUT2D eigenvalue weighted by Gasteiger charge is -2.45. The van der Waals surface area contributed by atoms with Crippen LogP contribution in [-0.4, -0.2) is 55.1 Å². The summed E-state index contributed by atoms with van der Waals surface area (Å²) in [4.78, 5) is 27.3. The molecule has 6 rings (SSSR count). The van der Waals surface area contributed by atoms with E-state index < -0.39 is 0 Å². The largest absolute Gasteiger partial charge is 0.351 e. The van der Waals surface area contributed by atoms with Crippen molar-refractivity contribution in [3.63, 3.8) is 0 Å². The Morgan fingerprint density at radius 2 is 2.06 bits per heavy atom. The van der Waals surface area contributed by atoms with Crippen molar-refractivity contribution in [1.29, 1.82) is 0 Å². The van der Waals surface area contributed by atoms with Crippen LogP contribution in [-0.2, 0) is 4.79 Å². The molecule has 1 aliphatic carbocycles. The van der Waals surface area contributed by atoms with Gasteiger partial charge in [-0.1, -0.05) is 13.0 Å². The number of likely N-dealkylation sites (tertiary alicyclic amines) is 1. The van der Waals surface area contributed by atoms with Crippen molar-refractivity contribution in [2.75, 3.05) is 18.4 Å². The van der Waals surface area contributed by atoms with E-state index in [4.69, 9.17) is 0 Å². The van der Waals surface area contributed by atoms with Crippen LogP contribution >= 0.6 is 0 Å². The van der Waals surface area contributed by atoms with Gasteiger partial charge < -0.3 is 15.2 Å². The van der Waals surface area contributed by atoms with Gasteiger partial charge in [0, 0.05) is 47.9 Å². The molecule has 32 heavy (non-hydrogen) atoms. The SMILES string of the molecule is C[C@]1(C(=O)N2CCCC2)C[C@@H](Nc2ncc3c(-c4ccc5nnccc5c4)c[nH]c3n2)C1. The average Bonchev–Trinajstić information content (AvgIpc) is 3.47. The van der Waals surface area contributed by atoms with E-state index in [2.05, 4.69) is 43.5 Å². The zero-order valence-corrected chi connectivity index (χ0v) is 18.0. The van der Waals surface area contributed by atoms with Crippen molar-refractivity contribution in [2.24, 2.45) is 5.41 Å². The third-order valence-corrected chi connectivity index (χ3v) is 6.89. The second-order valence-electron chi connectivity index (χ2n) is 9.27. The van der Waals surface area contributed by atoms with E-state index >= 15 is 0 Å². The second kappa shape index (κ2) is 7.25. The predicted molar refractivity (Wildman–Crippen MR) is 123 cm³/mol. The van der Waals surface area contributed by atoms with E-state index in [0.29, 0.717) is 11.9 Å². The summed E-state index contributed by atoms with van der Waals surface area (Å²) < 4.78 is 0. The van der Waals surface area contributed by atoms with Gasteiger partial charge in [0.1, 0.15) is 5.65 Å². The minimum atomic E-state index is -0.258. The molecular formula is C24H25N7O. The van der Waals surface area contributed by atoms with E-state index in [9.17, 15) is 4.79 Å². The molecular weight excluding hydrogens is 402 g/mol. The van der Waals surface area contributed by atoms with E-state index in [0.717, 1.165) is 71.8 Å². The maximum absolute atomic E-state index is 12.8. The second-order valence-corrected chi connectivity index (χ2v) is 9.27. The van der Waals surface area contributed by atoms with Crippen LogP contribution in [0.25, 0.3) is 33.1 Å². The van der Waals surface area contributed by atoms with Crippen molar-refractivity contribution in [3.8, 4) is 11.1 Å². The molecule has 0 radical (unpaired) electrons. The van der Waals surface area contributed by atoms with Gasteiger partial charge in [0.25, 0.3) is 0 Å². The number of anilines is 1. The quantitative estimate of drug-likeness (QED) is 0.514. The Morgan fingerprint density at radius 3 is 2.91 bits per heavy atom. The molecule has 4 aromatic rings. The topological polar surface area (TPSA) is 99.7 Å². The van der Waals surface area contributed by atoms with Crippen LogP contribution < -0.4 is 5.32 Å². The molecule has 0 bridgehead atoms. The summed E-state index contributed by atoms with van der Waals surface area (Å²) in [5.41, 5.74) is 3.54. The molecule has 1 amide bonds. The number of hydrogen-bond acceptors (Lipinski definition) is 6. The maximum atomic E-state index is 12.8. The van der Waals surface area contributed by atoms with Crippen LogP contribution in [0.15, 0.2) is 42.9 Å². The Bertz CT molecular complexity index is 1320. The number of benzene rings is 1. The highest BCUT2D eigenvalue weighted by Gasteiger charge is 2.48. The number of aromatic amines is 1. The fourth-order valence-electron chi connectivity index (χ4n) is 5.16. The summed E-state index contributed by atoms with van der Waals surface area (Å²) >= 11 is 0. The first-order chi connectivity index (χ1) is 15.6. The molecule has 1 saturated heterocycles. The maximum Gasteiger partial charge on any atom is 0.228 e. The summed E-state index contributed by atoms with van der Waals surface area (Å²) in [6.45, 7) is 3.90. The molecule has 1 aromatic carbocycles. The lowest BCUT2D eigenvalue weighted by Crippen LogP contribution is -2.53. The highest BCUT2D eigenvalue weighted by molar-refractivity contribution is 5.96. The van der Waals surface area contributed by atoms with Gasteiger partial charge in [0.2, 0.25) is 11.9 Å². The first-order valence-corrected chi connectivity index (χ1v) is 11.2. The van der Waals surface area contributed by atoms with Crippen molar-refractivity contribution in [3.05, 3.63) is 42.9 Å². The number of nitrogens with one attached hydrogen (secondary N) is 2. The van der Waals surface area contributed by atoms with Gasteiger partial charge in [-0.05, 0) is 49.4 Å². The van der Waals surface area contributed by atoms with Gasteiger partial charge in [-0.2, -0.15) is 15.2 Å². The Kier molecular flexibility index (Phi) is 4.34. The van der Waals surface area contributed by atoms with Crippen LogP contribution in [0, 0.1) is 5.41 Å². The number of fused-ring (bicyclic) bond motifs is 2. The number of carbonyl (C=O) groups excluding carboxylic acids is 1. The number of amides is 1. The Labute approximate surface area is 185 Å². The third kappa shape index (κ3) is 3.18. The standard InChI is InChI=1S/C24H25N7O/c1-24(22(32)31-8-2-3-9-31)11-17(12-24)28-23-26-14-19-18(13-25-21(19)29-23)15-4-5-20-16(10-15)6-7-27-30-20/h4-7,10,13-14,17H,2-3,8-9,11-12H2,1H3,(H2,25,26,28,29)/t17-,24+. The lowest BCUT2D eigenvalue weighted by atomic mass is 9.66. The number of aromatic nitrogens is 5. The van der Waals surface area contributed by atoms with E-state index in [1.54, 1.807) is 6.20 Å². The zero-order valence-electron chi connectivity index (χ0n) is 18.0. The van der Waals surface area contributed by atoms with Crippen molar-refractivity contribution < 1.29 is 4.79 Å². The van der Waals surface area contributed by atoms with Crippen LogP contribution in [0.5, 0.6) is 0 Å². The predicted octanol–water partition coefficient (Wildman–Crippen LogP) is 3.77. The zero-order chi connectivity index (χ0) is 21.7. The molecule has 2 aliphatic rings. The van der Waals surface area contributed by atoms with Crippen LogP contribution in [0.1, 0.15) is 32.6 Å². The fraction of sp³-hybridized carbons (Fsp3) is 0.375. The number of rotatable bonds is 4. The van der Waals surface area contributed by atoms with Gasteiger partial charge in [-0.15, -0.1) is 0 Å². The van der Waals surface area contributed by atoms with Crippen molar-refractivity contribution >= 4 is 33.8 Å². The molecule has 162 valence electrons.